The van der Waals surface area contributed by atoms with E-state index in [2.05, 4.69) is 24.3 Å². The van der Waals surface area contributed by atoms with Crippen molar-refractivity contribution in [2.45, 2.75) is 45.6 Å². The van der Waals surface area contributed by atoms with Gasteiger partial charge >= 0.3 is 0 Å². The van der Waals surface area contributed by atoms with Crippen LogP contribution in [-0.4, -0.2) is 27.8 Å². The lowest BCUT2D eigenvalue weighted by molar-refractivity contribution is 0.0876. The molecule has 1 unspecified atom stereocenters. The molecule has 0 saturated carbocycles. The number of carbonyl (C=O) groups excluding carboxylic acids is 1. The quantitative estimate of drug-likeness (QED) is 0.886. The van der Waals surface area contributed by atoms with Crippen molar-refractivity contribution in [2.24, 2.45) is 11.7 Å². The van der Waals surface area contributed by atoms with E-state index in [1.54, 1.807) is 0 Å². The summed E-state index contributed by atoms with van der Waals surface area (Å²) in [4.78, 5) is 12.9. The Labute approximate surface area is 143 Å². The highest BCUT2D eigenvalue weighted by Crippen LogP contribution is 2.28. The molecule has 0 radical (unpaired) electrons. The van der Waals surface area contributed by atoms with Crippen molar-refractivity contribution in [1.29, 1.82) is 0 Å². The van der Waals surface area contributed by atoms with E-state index in [0.717, 1.165) is 36.2 Å². The topological polar surface area (TPSA) is 72.9 Å². The molecule has 0 fully saturated rings. The number of hydrogen-bond donors (Lipinski definition) is 2. The molecule has 1 aromatic carbocycles. The first kappa shape index (κ1) is 16.7. The zero-order valence-electron chi connectivity index (χ0n) is 14.7. The third kappa shape index (κ3) is 2.84. The number of fused-ring (bicyclic) bond motifs is 1. The van der Waals surface area contributed by atoms with Crippen LogP contribution >= 0.6 is 0 Å². The molecule has 1 aromatic heterocycles. The second-order valence-electron chi connectivity index (χ2n) is 7.11. The van der Waals surface area contributed by atoms with Crippen LogP contribution in [0.15, 0.2) is 30.3 Å². The molecule has 24 heavy (non-hydrogen) atoms. The molecule has 0 aliphatic heterocycles. The Morgan fingerprint density at radius 2 is 2.04 bits per heavy atom. The predicted molar refractivity (Wildman–Crippen MR) is 95.4 cm³/mol. The third-order valence-electron chi connectivity index (χ3n) is 5.24. The van der Waals surface area contributed by atoms with Gasteiger partial charge in [0, 0.05) is 17.8 Å². The fourth-order valence-electron chi connectivity index (χ4n) is 3.15. The first-order valence-electron chi connectivity index (χ1n) is 8.65. The SMILES string of the molecule is CC(C)C(C)(CN)NC(=O)c1nn(-c2ccccc2)c2c1CCC2. The van der Waals surface area contributed by atoms with Crippen LogP contribution in [-0.2, 0) is 12.8 Å². The van der Waals surface area contributed by atoms with Gasteiger partial charge in [0.1, 0.15) is 0 Å². The van der Waals surface area contributed by atoms with Gasteiger partial charge < -0.3 is 11.1 Å². The Kier molecular flexibility index (Phi) is 4.45. The van der Waals surface area contributed by atoms with Crippen LogP contribution in [0.25, 0.3) is 5.69 Å². The lowest BCUT2D eigenvalue weighted by atomic mass is 9.88. The molecule has 1 amide bonds. The Morgan fingerprint density at radius 1 is 1.33 bits per heavy atom. The van der Waals surface area contributed by atoms with Crippen molar-refractivity contribution >= 4 is 5.91 Å². The van der Waals surface area contributed by atoms with E-state index in [-0.39, 0.29) is 11.8 Å². The average molecular weight is 326 g/mol. The summed E-state index contributed by atoms with van der Waals surface area (Å²) >= 11 is 0. The molecule has 0 spiro atoms. The van der Waals surface area contributed by atoms with Crippen molar-refractivity contribution in [2.75, 3.05) is 6.54 Å². The van der Waals surface area contributed by atoms with Gasteiger partial charge in [-0.15, -0.1) is 0 Å². The second-order valence-corrected chi connectivity index (χ2v) is 7.11. The molecule has 5 nitrogen and oxygen atoms in total. The summed E-state index contributed by atoms with van der Waals surface area (Å²) in [6.07, 6.45) is 2.94. The Hall–Kier alpha value is -2.14. The van der Waals surface area contributed by atoms with Crippen LogP contribution in [0.4, 0.5) is 0 Å². The highest BCUT2D eigenvalue weighted by atomic mass is 16.2. The van der Waals surface area contributed by atoms with Gasteiger partial charge in [-0.25, -0.2) is 4.68 Å². The molecule has 1 atom stereocenters. The summed E-state index contributed by atoms with van der Waals surface area (Å²) in [6.45, 7) is 6.53. The summed E-state index contributed by atoms with van der Waals surface area (Å²) in [5.74, 6) is 0.125. The number of carbonyl (C=O) groups is 1. The van der Waals surface area contributed by atoms with Gasteiger partial charge in [0.15, 0.2) is 5.69 Å². The molecular weight excluding hydrogens is 300 g/mol. The molecule has 0 saturated heterocycles. The highest BCUT2D eigenvalue weighted by molar-refractivity contribution is 5.94. The maximum Gasteiger partial charge on any atom is 0.272 e. The van der Waals surface area contributed by atoms with Gasteiger partial charge in [-0.1, -0.05) is 32.0 Å². The van der Waals surface area contributed by atoms with E-state index in [0.29, 0.717) is 12.2 Å². The molecule has 1 heterocycles. The Bertz CT molecular complexity index is 735. The minimum absolute atomic E-state index is 0.121. The van der Waals surface area contributed by atoms with Crippen molar-refractivity contribution in [1.82, 2.24) is 15.1 Å². The molecule has 5 heteroatoms. The van der Waals surface area contributed by atoms with Gasteiger partial charge in [-0.2, -0.15) is 5.10 Å². The molecule has 2 aromatic rings. The van der Waals surface area contributed by atoms with E-state index in [9.17, 15) is 4.79 Å². The number of aromatic nitrogens is 2. The lowest BCUT2D eigenvalue weighted by Crippen LogP contribution is -2.55. The van der Waals surface area contributed by atoms with Crippen LogP contribution in [0, 0.1) is 5.92 Å². The number of para-hydroxylation sites is 1. The molecular formula is C19H26N4O. The minimum Gasteiger partial charge on any atom is -0.344 e. The van der Waals surface area contributed by atoms with Crippen molar-refractivity contribution < 1.29 is 4.79 Å². The largest absolute Gasteiger partial charge is 0.344 e. The van der Waals surface area contributed by atoms with Crippen LogP contribution in [0.5, 0.6) is 0 Å². The fraction of sp³-hybridized carbons (Fsp3) is 0.474. The van der Waals surface area contributed by atoms with Gasteiger partial charge in [0.05, 0.1) is 11.2 Å². The fourth-order valence-corrected chi connectivity index (χ4v) is 3.15. The van der Waals surface area contributed by atoms with Gasteiger partial charge in [0.25, 0.3) is 5.91 Å². The zero-order valence-corrected chi connectivity index (χ0v) is 14.7. The summed E-state index contributed by atoms with van der Waals surface area (Å²) in [5, 5.41) is 7.76. The smallest absolute Gasteiger partial charge is 0.272 e. The van der Waals surface area contributed by atoms with E-state index >= 15 is 0 Å². The molecule has 3 rings (SSSR count). The number of nitrogens with one attached hydrogen (secondary N) is 1. The van der Waals surface area contributed by atoms with Gasteiger partial charge in [0.2, 0.25) is 0 Å². The number of nitrogens with two attached hydrogens (primary N) is 1. The van der Waals surface area contributed by atoms with Crippen molar-refractivity contribution in [3.63, 3.8) is 0 Å². The number of nitrogens with zero attached hydrogens (tertiary/aromatic N) is 2. The maximum absolute atomic E-state index is 12.9. The maximum atomic E-state index is 12.9. The molecule has 1 aliphatic rings. The zero-order chi connectivity index (χ0) is 17.3. The van der Waals surface area contributed by atoms with Gasteiger partial charge in [-0.3, -0.25) is 4.79 Å². The summed E-state index contributed by atoms with van der Waals surface area (Å²) < 4.78 is 1.92. The number of amides is 1. The molecule has 1 aliphatic carbocycles. The van der Waals surface area contributed by atoms with Crippen LogP contribution in [0.2, 0.25) is 0 Å². The first-order valence-corrected chi connectivity index (χ1v) is 8.65. The van der Waals surface area contributed by atoms with E-state index in [1.165, 1.54) is 0 Å². The Morgan fingerprint density at radius 3 is 2.67 bits per heavy atom. The third-order valence-corrected chi connectivity index (χ3v) is 5.24. The van der Waals surface area contributed by atoms with Crippen LogP contribution in [0.3, 0.4) is 0 Å². The highest BCUT2D eigenvalue weighted by Gasteiger charge is 2.33. The lowest BCUT2D eigenvalue weighted by Gasteiger charge is -2.33. The summed E-state index contributed by atoms with van der Waals surface area (Å²) in [5.41, 5.74) is 9.26. The van der Waals surface area contributed by atoms with Crippen molar-refractivity contribution in [3.05, 3.63) is 47.3 Å². The molecule has 128 valence electrons. The van der Waals surface area contributed by atoms with E-state index in [1.807, 2.05) is 41.9 Å². The van der Waals surface area contributed by atoms with E-state index in [4.69, 9.17) is 5.73 Å². The average Bonchev–Trinajstić information content (AvgIpc) is 3.17. The number of benzene rings is 1. The second kappa shape index (κ2) is 6.40. The molecule has 3 N–H and O–H groups in total. The molecule has 0 bridgehead atoms. The normalized spacial score (nSPS) is 16.0. The summed E-state index contributed by atoms with van der Waals surface area (Å²) in [7, 11) is 0. The van der Waals surface area contributed by atoms with Crippen molar-refractivity contribution in [3.8, 4) is 5.69 Å². The number of rotatable bonds is 5. The first-order chi connectivity index (χ1) is 11.5. The van der Waals surface area contributed by atoms with Crippen LogP contribution in [0.1, 0.15) is 48.9 Å². The standard InChI is InChI=1S/C19H26N4O/c1-13(2)19(3,12-20)21-18(24)17-15-10-7-11-16(15)23(22-17)14-8-5-4-6-9-14/h4-6,8-9,13H,7,10-12,20H2,1-3H3,(H,21,24). The Balaban J connectivity index is 1.96. The predicted octanol–water partition coefficient (Wildman–Crippen LogP) is 2.46. The van der Waals surface area contributed by atoms with E-state index < -0.39 is 5.54 Å². The number of hydrogen-bond acceptors (Lipinski definition) is 3. The summed E-state index contributed by atoms with van der Waals surface area (Å²) in [6, 6.07) is 10.00. The minimum atomic E-state index is -0.431. The van der Waals surface area contributed by atoms with Crippen LogP contribution < -0.4 is 11.1 Å². The monoisotopic (exact) mass is 326 g/mol. The van der Waals surface area contributed by atoms with Gasteiger partial charge in [-0.05, 0) is 44.2 Å².